The number of fused-ring (bicyclic) bond motifs is 3. The van der Waals surface area contributed by atoms with Gasteiger partial charge in [0.25, 0.3) is 0 Å². The number of halogens is 1. The Kier molecular flexibility index (Phi) is 9.23. The van der Waals surface area contributed by atoms with Crippen molar-refractivity contribution < 1.29 is 38.5 Å². The number of benzene rings is 2. The Morgan fingerprint density at radius 2 is 1.93 bits per heavy atom. The standard InChI is InChI=1S/C32H37FN2O7/c1-41-26-15-21(18-37)14-23-28-24(32(40)34-12-13-36)16-25(29(39)31(28)42-30(23)26)35(17-20-6-9-22(33)10-7-20)27(38)11-8-19-4-2-3-5-19/h6-7,9-10,14-16,18-19,25,28-29,31,36,39H,2-5,8,11-13,17H2,1H3,(H,34,40). The van der Waals surface area contributed by atoms with Crippen molar-refractivity contribution >= 4 is 18.1 Å². The van der Waals surface area contributed by atoms with Gasteiger partial charge in [-0.3, -0.25) is 14.4 Å². The van der Waals surface area contributed by atoms with Gasteiger partial charge < -0.3 is 29.9 Å². The molecule has 5 rings (SSSR count). The first-order valence-electron chi connectivity index (χ1n) is 14.5. The van der Waals surface area contributed by atoms with Gasteiger partial charge in [-0.05, 0) is 48.2 Å². The lowest BCUT2D eigenvalue weighted by Crippen LogP contribution is -2.55. The minimum Gasteiger partial charge on any atom is -0.493 e. The minimum absolute atomic E-state index is 0.00576. The van der Waals surface area contributed by atoms with Crippen LogP contribution < -0.4 is 14.8 Å². The Labute approximate surface area is 244 Å². The first kappa shape index (κ1) is 29.7. The van der Waals surface area contributed by atoms with Crippen LogP contribution in [0.5, 0.6) is 11.5 Å². The number of amides is 2. The Hall–Kier alpha value is -3.76. The molecule has 4 unspecified atom stereocenters. The van der Waals surface area contributed by atoms with Crippen LogP contribution in [0.1, 0.15) is 65.9 Å². The van der Waals surface area contributed by atoms with Crippen LogP contribution in [0, 0.1) is 11.7 Å². The predicted molar refractivity (Wildman–Crippen MR) is 152 cm³/mol. The molecule has 4 atom stereocenters. The van der Waals surface area contributed by atoms with Gasteiger partial charge in [0, 0.05) is 36.2 Å². The highest BCUT2D eigenvalue weighted by atomic mass is 19.1. The summed E-state index contributed by atoms with van der Waals surface area (Å²) in [5.74, 6) is -0.735. The monoisotopic (exact) mass is 580 g/mol. The highest BCUT2D eigenvalue weighted by molar-refractivity contribution is 5.96. The molecule has 10 heteroatoms. The number of rotatable bonds is 11. The van der Waals surface area contributed by atoms with Crippen molar-refractivity contribution in [1.82, 2.24) is 10.2 Å². The Balaban J connectivity index is 1.54. The molecule has 0 spiro atoms. The van der Waals surface area contributed by atoms with E-state index in [1.807, 2.05) is 0 Å². The van der Waals surface area contributed by atoms with Crippen LogP contribution in [0.25, 0.3) is 0 Å². The maximum atomic E-state index is 13.8. The predicted octanol–water partition coefficient (Wildman–Crippen LogP) is 3.27. The maximum Gasteiger partial charge on any atom is 0.247 e. The number of carbonyl (C=O) groups excluding carboxylic acids is 3. The number of aldehydes is 1. The van der Waals surface area contributed by atoms with Crippen molar-refractivity contribution in [3.63, 3.8) is 0 Å². The molecule has 3 aliphatic rings. The zero-order valence-electron chi connectivity index (χ0n) is 23.6. The van der Waals surface area contributed by atoms with Crippen molar-refractivity contribution in [1.29, 1.82) is 0 Å². The van der Waals surface area contributed by atoms with E-state index in [9.17, 15) is 29.0 Å². The molecule has 2 aromatic carbocycles. The fourth-order valence-corrected chi connectivity index (χ4v) is 6.48. The third-order valence-corrected chi connectivity index (χ3v) is 8.60. The summed E-state index contributed by atoms with van der Waals surface area (Å²) in [6.45, 7) is -0.173. The molecule has 0 radical (unpaired) electrons. The molecule has 42 heavy (non-hydrogen) atoms. The number of ether oxygens (including phenoxy) is 2. The number of hydrogen-bond acceptors (Lipinski definition) is 7. The lowest BCUT2D eigenvalue weighted by atomic mass is 9.77. The Bertz CT molecular complexity index is 1340. The topological polar surface area (TPSA) is 125 Å². The van der Waals surface area contributed by atoms with Crippen molar-refractivity contribution in [3.8, 4) is 11.5 Å². The van der Waals surface area contributed by atoms with Gasteiger partial charge in [-0.2, -0.15) is 0 Å². The third-order valence-electron chi connectivity index (χ3n) is 8.60. The minimum atomic E-state index is -1.24. The number of nitrogens with zero attached hydrogens (tertiary/aromatic N) is 1. The van der Waals surface area contributed by atoms with Crippen LogP contribution >= 0.6 is 0 Å². The number of aliphatic hydroxyl groups excluding tert-OH is 2. The summed E-state index contributed by atoms with van der Waals surface area (Å²) in [4.78, 5) is 40.6. The summed E-state index contributed by atoms with van der Waals surface area (Å²) in [7, 11) is 1.44. The van der Waals surface area contributed by atoms with Gasteiger partial charge in [0.15, 0.2) is 11.5 Å². The molecule has 2 aromatic rings. The second-order valence-corrected chi connectivity index (χ2v) is 11.2. The summed E-state index contributed by atoms with van der Waals surface area (Å²) >= 11 is 0. The van der Waals surface area contributed by atoms with E-state index < -0.39 is 35.9 Å². The van der Waals surface area contributed by atoms with E-state index in [2.05, 4.69) is 5.32 Å². The lowest BCUT2D eigenvalue weighted by molar-refractivity contribution is -0.138. The highest BCUT2D eigenvalue weighted by Crippen LogP contribution is 2.51. The van der Waals surface area contributed by atoms with E-state index in [1.54, 1.807) is 29.2 Å². The molecule has 1 saturated carbocycles. The molecule has 3 N–H and O–H groups in total. The van der Waals surface area contributed by atoms with Crippen LogP contribution in [-0.2, 0) is 16.1 Å². The average molecular weight is 581 g/mol. The quantitative estimate of drug-likeness (QED) is 0.349. The fraction of sp³-hybridized carbons (Fsp3) is 0.469. The maximum absolute atomic E-state index is 13.8. The van der Waals surface area contributed by atoms with E-state index in [-0.39, 0.29) is 37.6 Å². The van der Waals surface area contributed by atoms with Crippen molar-refractivity contribution in [2.24, 2.45) is 5.92 Å². The summed E-state index contributed by atoms with van der Waals surface area (Å²) in [6, 6.07) is 8.03. The van der Waals surface area contributed by atoms with E-state index in [1.165, 1.54) is 25.3 Å². The van der Waals surface area contributed by atoms with E-state index in [0.29, 0.717) is 40.4 Å². The molecule has 2 amide bonds. The second-order valence-electron chi connectivity index (χ2n) is 11.2. The molecule has 9 nitrogen and oxygen atoms in total. The van der Waals surface area contributed by atoms with Crippen LogP contribution in [0.15, 0.2) is 48.0 Å². The molecular weight excluding hydrogens is 543 g/mol. The van der Waals surface area contributed by atoms with Crippen LogP contribution in [0.2, 0.25) is 0 Å². The van der Waals surface area contributed by atoms with E-state index >= 15 is 0 Å². The Morgan fingerprint density at radius 3 is 2.60 bits per heavy atom. The first-order valence-corrected chi connectivity index (χ1v) is 14.5. The molecule has 0 bridgehead atoms. The van der Waals surface area contributed by atoms with E-state index in [0.717, 1.165) is 32.1 Å². The zero-order valence-corrected chi connectivity index (χ0v) is 23.6. The SMILES string of the molecule is COc1cc(C=O)cc2c1OC1C2C(C(=O)NCCO)=CC(N(Cc2ccc(F)cc2)C(=O)CCC2CCCC2)C1O. The second kappa shape index (κ2) is 13.0. The smallest absolute Gasteiger partial charge is 0.247 e. The number of hydrogen-bond donors (Lipinski definition) is 3. The summed E-state index contributed by atoms with van der Waals surface area (Å²) in [5.41, 5.74) is 1.76. The van der Waals surface area contributed by atoms with Crippen LogP contribution in [0.3, 0.4) is 0 Å². The molecule has 0 saturated heterocycles. The molecule has 1 fully saturated rings. The molecule has 224 valence electrons. The molecule has 1 aliphatic heterocycles. The van der Waals surface area contributed by atoms with Crippen molar-refractivity contribution in [2.75, 3.05) is 20.3 Å². The van der Waals surface area contributed by atoms with Crippen LogP contribution in [0.4, 0.5) is 4.39 Å². The summed E-state index contributed by atoms with van der Waals surface area (Å²) in [5, 5.41) is 23.8. The van der Waals surface area contributed by atoms with Gasteiger partial charge in [0.1, 0.15) is 24.3 Å². The average Bonchev–Trinajstić information content (AvgIpc) is 3.67. The number of methoxy groups -OCH3 is 1. The van der Waals surface area contributed by atoms with Gasteiger partial charge in [-0.1, -0.05) is 37.8 Å². The van der Waals surface area contributed by atoms with Gasteiger partial charge in [0.2, 0.25) is 11.8 Å². The zero-order chi connectivity index (χ0) is 29.8. The third kappa shape index (κ3) is 6.05. The van der Waals surface area contributed by atoms with Gasteiger partial charge in [0.05, 0.1) is 25.7 Å². The molecule has 2 aliphatic carbocycles. The summed E-state index contributed by atoms with van der Waals surface area (Å²) < 4.78 is 25.4. The largest absolute Gasteiger partial charge is 0.493 e. The summed E-state index contributed by atoms with van der Waals surface area (Å²) in [6.07, 6.45) is 5.57. The highest BCUT2D eigenvalue weighted by Gasteiger charge is 2.51. The van der Waals surface area contributed by atoms with E-state index in [4.69, 9.17) is 9.47 Å². The molecule has 0 aromatic heterocycles. The lowest BCUT2D eigenvalue weighted by Gasteiger charge is -2.41. The van der Waals surface area contributed by atoms with Gasteiger partial charge in [-0.25, -0.2) is 4.39 Å². The molecule has 1 heterocycles. The molecular formula is C32H37FN2O7. The normalized spacial score (nSPS) is 22.9. The number of aliphatic hydroxyl groups is 2. The van der Waals surface area contributed by atoms with Crippen molar-refractivity contribution in [3.05, 3.63) is 70.6 Å². The number of nitrogens with one attached hydrogen (secondary N) is 1. The Morgan fingerprint density at radius 1 is 1.19 bits per heavy atom. The van der Waals surface area contributed by atoms with Crippen molar-refractivity contribution in [2.45, 2.75) is 69.2 Å². The van der Waals surface area contributed by atoms with Gasteiger partial charge in [-0.15, -0.1) is 0 Å². The van der Waals surface area contributed by atoms with Crippen LogP contribution in [-0.4, -0.2) is 71.7 Å². The fourth-order valence-electron chi connectivity index (χ4n) is 6.48. The number of carbonyl (C=O) groups is 3. The first-order chi connectivity index (χ1) is 20.3. The van der Waals surface area contributed by atoms with Gasteiger partial charge >= 0.3 is 0 Å².